The average Bonchev–Trinajstić information content (AvgIpc) is 3.40. The molecule has 1 aliphatic rings. The number of aryl methyl sites for hydroxylation is 1. The van der Waals surface area contributed by atoms with E-state index in [1.54, 1.807) is 36.3 Å². The van der Waals surface area contributed by atoms with E-state index in [4.69, 9.17) is 16.3 Å². The smallest absolute Gasteiger partial charge is 0.264 e. The number of methoxy groups -OCH3 is 1. The van der Waals surface area contributed by atoms with Crippen molar-refractivity contribution < 1.29 is 17.9 Å². The summed E-state index contributed by atoms with van der Waals surface area (Å²) < 4.78 is 37.1. The van der Waals surface area contributed by atoms with E-state index in [0.717, 1.165) is 11.1 Å². The third-order valence-corrected chi connectivity index (χ3v) is 10.1. The van der Waals surface area contributed by atoms with Crippen LogP contribution in [0.3, 0.4) is 0 Å². The standard InChI is InChI=1S/C35H32ClN3O4S/c1-37-24-32(30-10-6-7-11-34(30)37)26-18-20-38(21-19-26)35(40)31-22-29(16-17-33(31)36)44(41,42)39(23-25-8-4-3-5-9-25)27-12-14-28(43-2)15-13-27/h3-18,22,24H,19-21,23H2,1-2H3. The number of para-hydroxylation sites is 1. The van der Waals surface area contributed by atoms with Gasteiger partial charge in [0, 0.05) is 42.8 Å². The normalized spacial score (nSPS) is 13.5. The van der Waals surface area contributed by atoms with E-state index in [1.807, 2.05) is 49.5 Å². The maximum absolute atomic E-state index is 14.2. The summed E-state index contributed by atoms with van der Waals surface area (Å²) in [6, 6.07) is 28.8. The van der Waals surface area contributed by atoms with Crippen molar-refractivity contribution in [1.29, 1.82) is 0 Å². The summed E-state index contributed by atoms with van der Waals surface area (Å²) in [5.74, 6) is 0.309. The summed E-state index contributed by atoms with van der Waals surface area (Å²) in [6.45, 7) is 0.999. The number of nitrogens with zero attached hydrogens (tertiary/aromatic N) is 3. The van der Waals surface area contributed by atoms with E-state index in [0.29, 0.717) is 30.9 Å². The minimum atomic E-state index is -4.09. The molecule has 44 heavy (non-hydrogen) atoms. The highest BCUT2D eigenvalue weighted by Gasteiger charge is 2.29. The lowest BCUT2D eigenvalue weighted by molar-refractivity contribution is 0.0773. The first-order valence-electron chi connectivity index (χ1n) is 14.3. The molecule has 0 atom stereocenters. The fourth-order valence-corrected chi connectivity index (χ4v) is 7.31. The van der Waals surface area contributed by atoms with Gasteiger partial charge in [-0.3, -0.25) is 9.10 Å². The number of carbonyl (C=O) groups excluding carboxylic acids is 1. The number of ether oxygens (including phenoxy) is 1. The third-order valence-electron chi connectivity index (χ3n) is 8.02. The maximum atomic E-state index is 14.2. The molecule has 1 amide bonds. The van der Waals surface area contributed by atoms with Crippen molar-refractivity contribution in [3.63, 3.8) is 0 Å². The topological polar surface area (TPSA) is 71.8 Å². The zero-order valence-corrected chi connectivity index (χ0v) is 26.1. The van der Waals surface area contributed by atoms with Gasteiger partial charge in [0.1, 0.15) is 5.75 Å². The van der Waals surface area contributed by atoms with Crippen molar-refractivity contribution in [2.75, 3.05) is 24.5 Å². The van der Waals surface area contributed by atoms with Gasteiger partial charge in [-0.1, -0.05) is 66.2 Å². The largest absolute Gasteiger partial charge is 0.497 e. The van der Waals surface area contributed by atoms with E-state index in [2.05, 4.69) is 29.0 Å². The second kappa shape index (κ2) is 12.2. The van der Waals surface area contributed by atoms with Crippen LogP contribution < -0.4 is 9.04 Å². The molecule has 0 saturated carbocycles. The molecule has 0 unspecified atom stereocenters. The minimum Gasteiger partial charge on any atom is -0.497 e. The summed E-state index contributed by atoms with van der Waals surface area (Å²) in [5, 5.41) is 1.38. The average molecular weight is 626 g/mol. The van der Waals surface area contributed by atoms with Gasteiger partial charge in [0.15, 0.2) is 0 Å². The number of aromatic nitrogens is 1. The molecule has 5 aromatic rings. The molecule has 9 heteroatoms. The van der Waals surface area contributed by atoms with Gasteiger partial charge in [-0.15, -0.1) is 0 Å². The first-order chi connectivity index (χ1) is 21.3. The van der Waals surface area contributed by atoms with Crippen LogP contribution in [0.25, 0.3) is 16.5 Å². The second-order valence-corrected chi connectivity index (χ2v) is 13.0. The van der Waals surface area contributed by atoms with Gasteiger partial charge in [-0.25, -0.2) is 8.42 Å². The number of fused-ring (bicyclic) bond motifs is 1. The Labute approximate surface area is 262 Å². The van der Waals surface area contributed by atoms with Crippen molar-refractivity contribution in [1.82, 2.24) is 9.47 Å². The Morgan fingerprint density at radius 3 is 2.39 bits per heavy atom. The van der Waals surface area contributed by atoms with E-state index in [1.165, 1.54) is 39.0 Å². The molecule has 4 aromatic carbocycles. The zero-order valence-electron chi connectivity index (χ0n) is 24.5. The first-order valence-corrected chi connectivity index (χ1v) is 16.1. The number of anilines is 1. The molecule has 0 radical (unpaired) electrons. The lowest BCUT2D eigenvalue weighted by Crippen LogP contribution is -2.35. The maximum Gasteiger partial charge on any atom is 0.264 e. The van der Waals surface area contributed by atoms with Crippen LogP contribution in [0.4, 0.5) is 5.69 Å². The molecular formula is C35H32ClN3O4S. The van der Waals surface area contributed by atoms with E-state index in [9.17, 15) is 13.2 Å². The van der Waals surface area contributed by atoms with Gasteiger partial charge >= 0.3 is 0 Å². The lowest BCUT2D eigenvalue weighted by atomic mass is 9.98. The van der Waals surface area contributed by atoms with Crippen molar-refractivity contribution in [3.05, 3.63) is 131 Å². The second-order valence-electron chi connectivity index (χ2n) is 10.7. The summed E-state index contributed by atoms with van der Waals surface area (Å²) in [4.78, 5) is 15.4. The SMILES string of the molecule is COc1ccc(N(Cc2ccccc2)S(=O)(=O)c2ccc(Cl)c(C(=O)N3CC=C(c4cn(C)c5ccccc45)CC3)c2)cc1. The van der Waals surface area contributed by atoms with Gasteiger partial charge in [-0.05, 0) is 66.1 Å². The Morgan fingerprint density at radius 2 is 1.68 bits per heavy atom. The van der Waals surface area contributed by atoms with E-state index in [-0.39, 0.29) is 27.9 Å². The van der Waals surface area contributed by atoms with E-state index < -0.39 is 10.0 Å². The van der Waals surface area contributed by atoms with Crippen molar-refractivity contribution in [3.8, 4) is 5.75 Å². The van der Waals surface area contributed by atoms with Crippen LogP contribution in [-0.4, -0.2) is 44.0 Å². The Kier molecular flexibility index (Phi) is 8.21. The summed E-state index contributed by atoms with van der Waals surface area (Å²) >= 11 is 6.52. The van der Waals surface area contributed by atoms with Crippen LogP contribution in [0.2, 0.25) is 5.02 Å². The van der Waals surface area contributed by atoms with Crippen LogP contribution in [0.5, 0.6) is 5.75 Å². The van der Waals surface area contributed by atoms with Crippen molar-refractivity contribution in [2.45, 2.75) is 17.9 Å². The molecule has 7 nitrogen and oxygen atoms in total. The molecule has 224 valence electrons. The predicted molar refractivity (Wildman–Crippen MR) is 176 cm³/mol. The molecule has 0 fully saturated rings. The van der Waals surface area contributed by atoms with Crippen LogP contribution in [0.1, 0.15) is 27.9 Å². The molecular weight excluding hydrogens is 594 g/mol. The molecule has 0 bridgehead atoms. The van der Waals surface area contributed by atoms with Gasteiger partial charge < -0.3 is 14.2 Å². The number of halogens is 1. The van der Waals surface area contributed by atoms with Crippen LogP contribution in [0, 0.1) is 0 Å². The Hall–Kier alpha value is -4.53. The monoisotopic (exact) mass is 625 g/mol. The highest BCUT2D eigenvalue weighted by Crippen LogP contribution is 2.33. The van der Waals surface area contributed by atoms with Gasteiger partial charge in [-0.2, -0.15) is 0 Å². The zero-order chi connectivity index (χ0) is 30.8. The molecule has 2 heterocycles. The summed E-state index contributed by atoms with van der Waals surface area (Å²) in [6.07, 6.45) is 4.88. The number of hydrogen-bond acceptors (Lipinski definition) is 4. The number of amides is 1. The number of rotatable bonds is 8. The van der Waals surface area contributed by atoms with Crippen LogP contribution in [0.15, 0.2) is 114 Å². The number of sulfonamides is 1. The highest BCUT2D eigenvalue weighted by molar-refractivity contribution is 7.92. The quantitative estimate of drug-likeness (QED) is 0.183. The molecule has 1 aliphatic heterocycles. The Balaban J connectivity index is 1.29. The fraction of sp³-hybridized carbons (Fsp3) is 0.171. The highest BCUT2D eigenvalue weighted by atomic mass is 35.5. The molecule has 0 aliphatic carbocycles. The van der Waals surface area contributed by atoms with Crippen LogP contribution >= 0.6 is 11.6 Å². The fourth-order valence-electron chi connectivity index (χ4n) is 5.63. The van der Waals surface area contributed by atoms with Crippen molar-refractivity contribution in [2.24, 2.45) is 7.05 Å². The Morgan fingerprint density at radius 1 is 0.955 bits per heavy atom. The van der Waals surface area contributed by atoms with Crippen LogP contribution in [-0.2, 0) is 23.6 Å². The minimum absolute atomic E-state index is 0.0130. The van der Waals surface area contributed by atoms with Gasteiger partial charge in [0.05, 0.1) is 34.8 Å². The lowest BCUT2D eigenvalue weighted by Gasteiger charge is -2.28. The molecule has 1 aromatic heterocycles. The third kappa shape index (κ3) is 5.70. The first kappa shape index (κ1) is 29.5. The number of carbonyl (C=O) groups is 1. The van der Waals surface area contributed by atoms with E-state index >= 15 is 0 Å². The molecule has 0 spiro atoms. The molecule has 0 saturated heterocycles. The molecule has 0 N–H and O–H groups in total. The summed E-state index contributed by atoms with van der Waals surface area (Å²) in [7, 11) is -0.500. The predicted octanol–water partition coefficient (Wildman–Crippen LogP) is 7.17. The Bertz CT molecular complexity index is 1970. The number of hydrogen-bond donors (Lipinski definition) is 0. The number of benzene rings is 4. The molecule has 6 rings (SSSR count). The van der Waals surface area contributed by atoms with Crippen molar-refractivity contribution >= 4 is 49.7 Å². The van der Waals surface area contributed by atoms with Gasteiger partial charge in [0.25, 0.3) is 15.9 Å². The van der Waals surface area contributed by atoms with Gasteiger partial charge in [0.2, 0.25) is 0 Å². The summed E-state index contributed by atoms with van der Waals surface area (Å²) in [5.41, 5.74) is 4.95.